The highest BCUT2D eigenvalue weighted by atomic mass is 35.5. The van der Waals surface area contributed by atoms with Crippen LogP contribution in [-0.4, -0.2) is 9.97 Å². The summed E-state index contributed by atoms with van der Waals surface area (Å²) in [7, 11) is 0. The van der Waals surface area contributed by atoms with Crippen LogP contribution in [0.4, 0.5) is 0 Å². The van der Waals surface area contributed by atoms with Gasteiger partial charge in [-0.25, -0.2) is 0 Å². The van der Waals surface area contributed by atoms with Crippen LogP contribution in [0.5, 0.6) is 0 Å². The number of H-pyrrole nitrogens is 1. The quantitative estimate of drug-likeness (QED) is 0.595. The normalized spacial score (nSPS) is 11.2. The van der Waals surface area contributed by atoms with Gasteiger partial charge in [-0.2, -0.15) is 0 Å². The number of fused-ring (bicyclic) bond motifs is 2. The number of aromatic amines is 1. The molecular weight excluding hydrogens is 196 g/mol. The second-order valence-corrected chi connectivity index (χ2v) is 3.66. The third-order valence-electron chi connectivity index (χ3n) is 2.39. The van der Waals surface area contributed by atoms with Gasteiger partial charge in [-0.15, -0.1) is 0 Å². The highest BCUT2D eigenvalue weighted by molar-refractivity contribution is 6.35. The Kier molecular flexibility index (Phi) is 1.52. The molecule has 0 amide bonds. The second kappa shape index (κ2) is 2.72. The van der Waals surface area contributed by atoms with Crippen molar-refractivity contribution in [2.45, 2.75) is 0 Å². The molecule has 2 nitrogen and oxygen atoms in total. The van der Waals surface area contributed by atoms with Gasteiger partial charge in [-0.1, -0.05) is 11.6 Å². The zero-order chi connectivity index (χ0) is 9.54. The monoisotopic (exact) mass is 202 g/mol. The molecule has 0 bridgehead atoms. The third kappa shape index (κ3) is 1.01. The van der Waals surface area contributed by atoms with Crippen molar-refractivity contribution in [1.29, 1.82) is 0 Å². The van der Waals surface area contributed by atoms with Gasteiger partial charge < -0.3 is 4.98 Å². The average molecular weight is 203 g/mol. The Bertz CT molecular complexity index is 613. The molecular formula is C11H7ClN2. The van der Waals surface area contributed by atoms with Crippen molar-refractivity contribution >= 4 is 33.3 Å². The number of nitrogens with one attached hydrogen (secondary N) is 1. The van der Waals surface area contributed by atoms with Crippen molar-refractivity contribution in [3.8, 4) is 0 Å². The van der Waals surface area contributed by atoms with Gasteiger partial charge in [-0.3, -0.25) is 4.98 Å². The van der Waals surface area contributed by atoms with Crippen molar-refractivity contribution in [3.05, 3.63) is 41.8 Å². The Morgan fingerprint density at radius 1 is 1.21 bits per heavy atom. The van der Waals surface area contributed by atoms with Gasteiger partial charge in [0.1, 0.15) is 0 Å². The van der Waals surface area contributed by atoms with E-state index in [9.17, 15) is 0 Å². The van der Waals surface area contributed by atoms with Gasteiger partial charge in [0.05, 0.1) is 5.02 Å². The first kappa shape index (κ1) is 7.83. The predicted molar refractivity (Wildman–Crippen MR) is 58.6 cm³/mol. The minimum absolute atomic E-state index is 0.763. The molecule has 0 aliphatic carbocycles. The van der Waals surface area contributed by atoms with Gasteiger partial charge >= 0.3 is 0 Å². The van der Waals surface area contributed by atoms with Crippen LogP contribution in [0.3, 0.4) is 0 Å². The zero-order valence-electron chi connectivity index (χ0n) is 7.29. The van der Waals surface area contributed by atoms with Crippen molar-refractivity contribution in [3.63, 3.8) is 0 Å². The van der Waals surface area contributed by atoms with Crippen LogP contribution in [0, 0.1) is 0 Å². The van der Waals surface area contributed by atoms with Crippen molar-refractivity contribution in [2.24, 2.45) is 0 Å². The Morgan fingerprint density at radius 2 is 2.14 bits per heavy atom. The lowest BCUT2D eigenvalue weighted by Gasteiger charge is -1.97. The first-order valence-corrected chi connectivity index (χ1v) is 4.73. The molecule has 2 aromatic heterocycles. The fourth-order valence-corrected chi connectivity index (χ4v) is 1.88. The van der Waals surface area contributed by atoms with E-state index in [1.54, 1.807) is 12.4 Å². The molecule has 3 rings (SSSR count). The number of halogens is 1. The Labute approximate surface area is 85.5 Å². The van der Waals surface area contributed by atoms with Crippen LogP contribution in [0.25, 0.3) is 21.7 Å². The van der Waals surface area contributed by atoms with Crippen LogP contribution >= 0.6 is 11.6 Å². The summed E-state index contributed by atoms with van der Waals surface area (Å²) in [5.74, 6) is 0. The first-order chi connectivity index (χ1) is 6.84. The van der Waals surface area contributed by atoms with Gasteiger partial charge in [0.25, 0.3) is 0 Å². The molecule has 3 aromatic rings. The SMILES string of the molecule is Clc1c[nH]c2cc3cnccc3cc12. The number of benzene rings is 1. The Balaban J connectivity index is 2.54. The summed E-state index contributed by atoms with van der Waals surface area (Å²) in [6, 6.07) is 6.12. The molecule has 1 aromatic carbocycles. The number of hydrogen-bond donors (Lipinski definition) is 1. The van der Waals surface area contributed by atoms with Crippen LogP contribution < -0.4 is 0 Å². The molecule has 0 saturated carbocycles. The smallest absolute Gasteiger partial charge is 0.0659 e. The fraction of sp³-hybridized carbons (Fsp3) is 0. The lowest BCUT2D eigenvalue weighted by Crippen LogP contribution is -1.75. The summed E-state index contributed by atoms with van der Waals surface area (Å²) in [5, 5.41) is 4.11. The van der Waals surface area contributed by atoms with E-state index in [4.69, 9.17) is 11.6 Å². The van der Waals surface area contributed by atoms with E-state index in [1.165, 1.54) is 0 Å². The number of aromatic nitrogens is 2. The summed E-state index contributed by atoms with van der Waals surface area (Å²) in [6.07, 6.45) is 5.44. The topological polar surface area (TPSA) is 28.7 Å². The Hall–Kier alpha value is -1.54. The molecule has 0 aliphatic heterocycles. The summed E-state index contributed by atoms with van der Waals surface area (Å²) in [5.41, 5.74) is 1.05. The van der Waals surface area contributed by atoms with Crippen molar-refractivity contribution < 1.29 is 0 Å². The lowest BCUT2D eigenvalue weighted by molar-refractivity contribution is 1.36. The van der Waals surface area contributed by atoms with Crippen LogP contribution in [0.2, 0.25) is 5.02 Å². The molecule has 2 heterocycles. The maximum absolute atomic E-state index is 6.03. The standard InChI is InChI=1S/C11H7ClN2/c12-10-6-14-11-4-8-5-13-2-1-7(8)3-9(10)11/h1-6,14H. The highest BCUT2D eigenvalue weighted by Crippen LogP contribution is 2.27. The van der Waals surface area contributed by atoms with Gasteiger partial charge in [-0.05, 0) is 23.6 Å². The molecule has 0 radical (unpaired) electrons. The molecule has 0 atom stereocenters. The van der Waals surface area contributed by atoms with E-state index >= 15 is 0 Å². The molecule has 0 unspecified atom stereocenters. The number of nitrogens with zero attached hydrogens (tertiary/aromatic N) is 1. The summed E-state index contributed by atoms with van der Waals surface area (Å²) in [4.78, 5) is 7.20. The molecule has 14 heavy (non-hydrogen) atoms. The molecule has 68 valence electrons. The molecule has 0 saturated heterocycles. The third-order valence-corrected chi connectivity index (χ3v) is 2.70. The van der Waals surface area contributed by atoms with Gasteiger partial charge in [0, 0.05) is 34.9 Å². The van der Waals surface area contributed by atoms with E-state index in [1.807, 2.05) is 12.3 Å². The number of hydrogen-bond acceptors (Lipinski definition) is 1. The van der Waals surface area contributed by atoms with Crippen molar-refractivity contribution in [1.82, 2.24) is 9.97 Å². The van der Waals surface area contributed by atoms with Crippen molar-refractivity contribution in [2.75, 3.05) is 0 Å². The maximum atomic E-state index is 6.03. The Morgan fingerprint density at radius 3 is 3.07 bits per heavy atom. The molecule has 1 N–H and O–H groups in total. The molecule has 3 heteroatoms. The summed E-state index contributed by atoms with van der Waals surface area (Å²) < 4.78 is 0. The number of pyridine rings is 1. The van der Waals surface area contributed by atoms with Crippen LogP contribution in [0.15, 0.2) is 36.8 Å². The fourth-order valence-electron chi connectivity index (χ4n) is 1.67. The first-order valence-electron chi connectivity index (χ1n) is 4.35. The van der Waals surface area contributed by atoms with E-state index in [-0.39, 0.29) is 0 Å². The largest absolute Gasteiger partial charge is 0.360 e. The van der Waals surface area contributed by atoms with E-state index in [0.29, 0.717) is 0 Å². The zero-order valence-corrected chi connectivity index (χ0v) is 8.05. The minimum atomic E-state index is 0.763. The van der Waals surface area contributed by atoms with Gasteiger partial charge in [0.15, 0.2) is 0 Å². The molecule has 0 fully saturated rings. The predicted octanol–water partition coefficient (Wildman–Crippen LogP) is 3.37. The van der Waals surface area contributed by atoms with E-state index in [2.05, 4.69) is 22.1 Å². The van der Waals surface area contributed by atoms with Crippen LogP contribution in [-0.2, 0) is 0 Å². The lowest BCUT2D eigenvalue weighted by atomic mass is 10.1. The average Bonchev–Trinajstić information content (AvgIpc) is 2.57. The van der Waals surface area contributed by atoms with E-state index < -0.39 is 0 Å². The minimum Gasteiger partial charge on any atom is -0.360 e. The van der Waals surface area contributed by atoms with Gasteiger partial charge in [0.2, 0.25) is 0 Å². The van der Waals surface area contributed by atoms with Crippen LogP contribution in [0.1, 0.15) is 0 Å². The number of rotatable bonds is 0. The molecule has 0 aliphatic rings. The highest BCUT2D eigenvalue weighted by Gasteiger charge is 2.02. The maximum Gasteiger partial charge on any atom is 0.0659 e. The second-order valence-electron chi connectivity index (χ2n) is 3.26. The molecule has 0 spiro atoms. The summed E-state index contributed by atoms with van der Waals surface area (Å²) >= 11 is 6.03. The van der Waals surface area contributed by atoms with E-state index in [0.717, 1.165) is 26.7 Å². The summed E-state index contributed by atoms with van der Waals surface area (Å²) in [6.45, 7) is 0.